The Morgan fingerprint density at radius 1 is 1.35 bits per heavy atom. The number of anilines is 1. The Kier molecular flexibility index (Phi) is 6.31. The first kappa shape index (κ1) is 22.3. The molecule has 1 aromatic carbocycles. The summed E-state index contributed by atoms with van der Waals surface area (Å²) in [6.45, 7) is 1.75. The van der Waals surface area contributed by atoms with Crippen molar-refractivity contribution in [1.82, 2.24) is 14.7 Å². The zero-order valence-corrected chi connectivity index (χ0v) is 16.6. The van der Waals surface area contributed by atoms with E-state index in [1.165, 1.54) is 0 Å². The molecule has 1 amide bonds. The normalized spacial score (nSPS) is 20.7. The molecule has 1 aromatic heterocycles. The van der Waals surface area contributed by atoms with Gasteiger partial charge in [-0.05, 0) is 24.1 Å². The predicted octanol–water partition coefficient (Wildman–Crippen LogP) is 2.30. The minimum atomic E-state index is -5.08. The lowest BCUT2D eigenvalue weighted by Crippen LogP contribution is -2.37. The molecule has 2 aliphatic heterocycles. The highest BCUT2D eigenvalue weighted by Gasteiger charge is 2.47. The molecule has 0 saturated carbocycles. The first-order valence-electron chi connectivity index (χ1n) is 9.44. The molecule has 0 bridgehead atoms. The number of rotatable bonds is 3. The van der Waals surface area contributed by atoms with Crippen LogP contribution < -0.4 is 4.90 Å². The summed E-state index contributed by atoms with van der Waals surface area (Å²) in [5.74, 6) is -2.58. The van der Waals surface area contributed by atoms with Crippen molar-refractivity contribution in [3.05, 3.63) is 47.8 Å². The highest BCUT2D eigenvalue weighted by atomic mass is 19.4. The van der Waals surface area contributed by atoms with Crippen molar-refractivity contribution in [2.45, 2.75) is 37.6 Å². The van der Waals surface area contributed by atoms with E-state index in [4.69, 9.17) is 15.2 Å². The highest BCUT2D eigenvalue weighted by Crippen LogP contribution is 2.36. The lowest BCUT2D eigenvalue weighted by atomic mass is 10.1. The van der Waals surface area contributed by atoms with E-state index in [1.807, 2.05) is 42.4 Å². The molecule has 2 aromatic rings. The van der Waals surface area contributed by atoms with E-state index in [0.717, 1.165) is 30.8 Å². The second kappa shape index (κ2) is 8.77. The van der Waals surface area contributed by atoms with Gasteiger partial charge in [-0.25, -0.2) is 4.79 Å². The fraction of sp³-hybridized carbons (Fsp3) is 0.400. The van der Waals surface area contributed by atoms with Gasteiger partial charge in [-0.2, -0.15) is 23.5 Å². The highest BCUT2D eigenvalue weighted by molar-refractivity contribution is 5.97. The summed E-state index contributed by atoms with van der Waals surface area (Å²) in [5, 5.41) is 20.4. The molecular weight excluding hydrogens is 415 g/mol. The van der Waals surface area contributed by atoms with E-state index in [2.05, 4.69) is 16.1 Å². The lowest BCUT2D eigenvalue weighted by Gasteiger charge is -2.24. The van der Waals surface area contributed by atoms with Crippen molar-refractivity contribution in [3.8, 4) is 6.07 Å². The summed E-state index contributed by atoms with van der Waals surface area (Å²) in [6, 6.07) is 10.4. The Bertz CT molecular complexity index is 1010. The average Bonchev–Trinajstić information content (AvgIpc) is 3.38. The van der Waals surface area contributed by atoms with Gasteiger partial charge in [0.2, 0.25) is 5.91 Å². The number of halogens is 3. The van der Waals surface area contributed by atoms with Crippen LogP contribution in [0.15, 0.2) is 36.7 Å². The SMILES string of the molecule is Cn1cc(N2C(=O)C[C@H]3[C@H]2CCN3Cc2cccc(C#N)c2)cn1.O=C(O)C(F)(F)F. The molecule has 2 saturated heterocycles. The van der Waals surface area contributed by atoms with Gasteiger partial charge >= 0.3 is 12.1 Å². The number of benzene rings is 1. The maximum absolute atomic E-state index is 12.5. The van der Waals surface area contributed by atoms with E-state index in [-0.39, 0.29) is 18.0 Å². The Morgan fingerprint density at radius 2 is 2.06 bits per heavy atom. The number of carboxylic acids is 1. The van der Waals surface area contributed by atoms with Gasteiger partial charge in [0.25, 0.3) is 0 Å². The smallest absolute Gasteiger partial charge is 0.475 e. The molecule has 2 aliphatic rings. The molecule has 31 heavy (non-hydrogen) atoms. The van der Waals surface area contributed by atoms with Crippen LogP contribution in [0.3, 0.4) is 0 Å². The molecule has 2 fully saturated rings. The Labute approximate surface area is 176 Å². The quantitative estimate of drug-likeness (QED) is 0.794. The van der Waals surface area contributed by atoms with Crippen molar-refractivity contribution >= 4 is 17.6 Å². The number of aliphatic carboxylic acids is 1. The van der Waals surface area contributed by atoms with Crippen molar-refractivity contribution in [2.24, 2.45) is 7.05 Å². The van der Waals surface area contributed by atoms with E-state index >= 15 is 0 Å². The van der Waals surface area contributed by atoms with Crippen LogP contribution in [0.2, 0.25) is 0 Å². The first-order chi connectivity index (χ1) is 14.6. The standard InChI is InChI=1S/C18H19N5O.C2HF3O2/c1-21-12-15(10-20-21)23-16-5-6-22(17(16)8-18(23)24)11-14-4-2-3-13(7-14)9-19;3-2(4,5)1(6)7/h2-4,7,10,12,16-17H,5-6,8,11H2,1H3;(H,6,7)/t16-,17+;/m1./s1. The molecule has 4 rings (SSSR count). The van der Waals surface area contributed by atoms with Crippen LogP contribution in [0.4, 0.5) is 18.9 Å². The fourth-order valence-corrected chi connectivity index (χ4v) is 3.97. The number of aryl methyl sites for hydroxylation is 1. The number of nitriles is 1. The van der Waals surface area contributed by atoms with Crippen molar-refractivity contribution < 1.29 is 27.9 Å². The van der Waals surface area contributed by atoms with Crippen molar-refractivity contribution in [1.29, 1.82) is 5.26 Å². The van der Waals surface area contributed by atoms with Crippen LogP contribution in [0.25, 0.3) is 0 Å². The third-order valence-electron chi connectivity index (χ3n) is 5.26. The largest absolute Gasteiger partial charge is 0.490 e. The van der Waals surface area contributed by atoms with Crippen molar-refractivity contribution in [2.75, 3.05) is 11.4 Å². The summed E-state index contributed by atoms with van der Waals surface area (Å²) in [5.41, 5.74) is 2.70. The van der Waals surface area contributed by atoms with Crippen LogP contribution >= 0.6 is 0 Å². The summed E-state index contributed by atoms with van der Waals surface area (Å²) >= 11 is 0. The molecular formula is C20H20F3N5O3. The van der Waals surface area contributed by atoms with E-state index in [1.54, 1.807) is 10.9 Å². The zero-order valence-electron chi connectivity index (χ0n) is 16.6. The lowest BCUT2D eigenvalue weighted by molar-refractivity contribution is -0.192. The van der Waals surface area contributed by atoms with E-state index in [9.17, 15) is 18.0 Å². The van der Waals surface area contributed by atoms with E-state index in [0.29, 0.717) is 12.0 Å². The number of fused-ring (bicyclic) bond motifs is 1. The molecule has 11 heteroatoms. The summed E-state index contributed by atoms with van der Waals surface area (Å²) in [7, 11) is 1.87. The van der Waals surface area contributed by atoms with Gasteiger partial charge in [0.1, 0.15) is 0 Å². The number of alkyl halides is 3. The minimum absolute atomic E-state index is 0.175. The number of amides is 1. The van der Waals surface area contributed by atoms with Gasteiger partial charge < -0.3 is 10.0 Å². The number of carbonyl (C=O) groups excluding carboxylic acids is 1. The van der Waals surface area contributed by atoms with Crippen LogP contribution in [0.1, 0.15) is 24.0 Å². The zero-order chi connectivity index (χ0) is 22.8. The number of carbonyl (C=O) groups is 2. The monoisotopic (exact) mass is 435 g/mol. The Morgan fingerprint density at radius 3 is 2.65 bits per heavy atom. The number of hydrogen-bond acceptors (Lipinski definition) is 5. The predicted molar refractivity (Wildman–Crippen MR) is 103 cm³/mol. The number of nitrogens with zero attached hydrogens (tertiary/aromatic N) is 5. The van der Waals surface area contributed by atoms with Gasteiger partial charge in [-0.3, -0.25) is 14.4 Å². The second-order valence-electron chi connectivity index (χ2n) is 7.35. The summed E-state index contributed by atoms with van der Waals surface area (Å²) < 4.78 is 33.5. The van der Waals surface area contributed by atoms with E-state index < -0.39 is 12.1 Å². The van der Waals surface area contributed by atoms with Crippen LogP contribution in [0.5, 0.6) is 0 Å². The molecule has 0 radical (unpaired) electrons. The second-order valence-corrected chi connectivity index (χ2v) is 7.35. The maximum atomic E-state index is 12.5. The third kappa shape index (κ3) is 5.03. The Hall–Kier alpha value is -3.39. The van der Waals surface area contributed by atoms with Gasteiger partial charge in [-0.15, -0.1) is 0 Å². The molecule has 0 unspecified atom stereocenters. The molecule has 0 aliphatic carbocycles. The van der Waals surface area contributed by atoms with Gasteiger partial charge in [-0.1, -0.05) is 12.1 Å². The molecule has 164 valence electrons. The first-order valence-corrected chi connectivity index (χ1v) is 9.44. The average molecular weight is 435 g/mol. The topological polar surface area (TPSA) is 102 Å². The number of likely N-dealkylation sites (tertiary alicyclic amines) is 1. The molecule has 0 spiro atoms. The van der Waals surface area contributed by atoms with Crippen LogP contribution in [0, 0.1) is 11.3 Å². The van der Waals surface area contributed by atoms with Gasteiger partial charge in [0.15, 0.2) is 0 Å². The van der Waals surface area contributed by atoms with Gasteiger partial charge in [0, 0.05) is 38.8 Å². The fourth-order valence-electron chi connectivity index (χ4n) is 3.97. The number of aromatic nitrogens is 2. The van der Waals surface area contributed by atoms with Crippen LogP contribution in [-0.4, -0.2) is 56.5 Å². The number of hydrogen-bond donors (Lipinski definition) is 1. The third-order valence-corrected chi connectivity index (χ3v) is 5.26. The summed E-state index contributed by atoms with van der Waals surface area (Å²) in [4.78, 5) is 25.7. The van der Waals surface area contributed by atoms with Crippen LogP contribution in [-0.2, 0) is 23.2 Å². The maximum Gasteiger partial charge on any atom is 0.490 e. The molecule has 3 heterocycles. The number of carboxylic acid groups (broad SMARTS) is 1. The molecule has 2 atom stereocenters. The summed E-state index contributed by atoms with van der Waals surface area (Å²) in [6.07, 6.45) is 0.111. The van der Waals surface area contributed by atoms with Crippen molar-refractivity contribution in [3.63, 3.8) is 0 Å². The molecule has 1 N–H and O–H groups in total. The van der Waals surface area contributed by atoms with Gasteiger partial charge in [0.05, 0.1) is 29.6 Å². The Balaban J connectivity index is 0.000000339. The minimum Gasteiger partial charge on any atom is -0.475 e. The molecule has 8 nitrogen and oxygen atoms in total.